The number of nitrogens with zero attached hydrogens (tertiary/aromatic N) is 2. The zero-order valence-corrected chi connectivity index (χ0v) is 15.1. The van der Waals surface area contributed by atoms with Crippen molar-refractivity contribution in [1.82, 2.24) is 9.88 Å². The average Bonchev–Trinajstić information content (AvgIpc) is 3.15. The van der Waals surface area contributed by atoms with Crippen LogP contribution in [0.3, 0.4) is 0 Å². The molecule has 2 aromatic carbocycles. The van der Waals surface area contributed by atoms with Crippen molar-refractivity contribution in [3.05, 3.63) is 58.1 Å². The molecule has 3 aromatic rings. The number of thiazole rings is 1. The minimum absolute atomic E-state index is 0.313. The number of hydrogen-bond donors (Lipinski definition) is 1. The number of carbonyl (C=O) groups is 3. The van der Waals surface area contributed by atoms with Gasteiger partial charge in [-0.3, -0.25) is 19.3 Å². The van der Waals surface area contributed by atoms with Crippen molar-refractivity contribution in [1.29, 1.82) is 0 Å². The first-order chi connectivity index (χ1) is 12.5. The van der Waals surface area contributed by atoms with E-state index in [0.717, 1.165) is 20.7 Å². The molecular weight excluding hydrogens is 374 g/mol. The number of fused-ring (bicyclic) bond motifs is 2. The molecule has 1 aliphatic rings. The third kappa shape index (κ3) is 2.65. The number of carbonyl (C=O) groups excluding carboxylic acids is 3. The van der Waals surface area contributed by atoms with Gasteiger partial charge in [0.15, 0.2) is 5.13 Å². The summed E-state index contributed by atoms with van der Waals surface area (Å²) in [7, 11) is 0. The highest BCUT2D eigenvalue weighted by Gasteiger charge is 2.36. The first kappa shape index (κ1) is 16.7. The van der Waals surface area contributed by atoms with Gasteiger partial charge in [0.1, 0.15) is 6.54 Å². The molecule has 1 N–H and O–H groups in total. The van der Waals surface area contributed by atoms with Gasteiger partial charge in [0.25, 0.3) is 11.8 Å². The average molecular weight is 386 g/mol. The van der Waals surface area contributed by atoms with E-state index in [4.69, 9.17) is 11.6 Å². The molecule has 1 aliphatic heterocycles. The first-order valence-electron chi connectivity index (χ1n) is 7.76. The van der Waals surface area contributed by atoms with Gasteiger partial charge in [-0.05, 0) is 30.7 Å². The number of imide groups is 1. The highest BCUT2D eigenvalue weighted by molar-refractivity contribution is 7.23. The van der Waals surface area contributed by atoms with Crippen LogP contribution in [0, 0.1) is 6.92 Å². The Morgan fingerprint density at radius 3 is 2.42 bits per heavy atom. The summed E-state index contributed by atoms with van der Waals surface area (Å²) in [5.74, 6) is -1.43. The molecule has 2 heterocycles. The van der Waals surface area contributed by atoms with Gasteiger partial charge in [0.2, 0.25) is 5.91 Å². The Morgan fingerprint density at radius 1 is 1.15 bits per heavy atom. The largest absolute Gasteiger partial charge is 0.300 e. The number of aryl methyl sites for hydroxylation is 1. The van der Waals surface area contributed by atoms with Crippen LogP contribution in [0.2, 0.25) is 5.02 Å². The number of amides is 3. The second-order valence-electron chi connectivity index (χ2n) is 5.85. The van der Waals surface area contributed by atoms with Crippen LogP contribution in [-0.4, -0.2) is 34.2 Å². The van der Waals surface area contributed by atoms with E-state index in [9.17, 15) is 14.4 Å². The van der Waals surface area contributed by atoms with Crippen LogP contribution < -0.4 is 5.32 Å². The van der Waals surface area contributed by atoms with Gasteiger partial charge >= 0.3 is 0 Å². The number of aromatic nitrogens is 1. The molecule has 0 fully saturated rings. The minimum atomic E-state index is -0.493. The third-order valence-electron chi connectivity index (χ3n) is 4.12. The fraction of sp³-hybridized carbons (Fsp3) is 0.111. The van der Waals surface area contributed by atoms with E-state index in [-0.39, 0.29) is 6.54 Å². The lowest BCUT2D eigenvalue weighted by atomic mass is 10.1. The number of benzene rings is 2. The first-order valence-corrected chi connectivity index (χ1v) is 8.96. The summed E-state index contributed by atoms with van der Waals surface area (Å²) in [5.41, 5.74) is 2.29. The summed E-state index contributed by atoms with van der Waals surface area (Å²) in [6.07, 6.45) is 0. The Morgan fingerprint density at radius 2 is 1.81 bits per heavy atom. The molecule has 130 valence electrons. The molecule has 0 spiro atoms. The van der Waals surface area contributed by atoms with Gasteiger partial charge in [0.05, 0.1) is 26.4 Å². The number of anilines is 1. The fourth-order valence-electron chi connectivity index (χ4n) is 2.84. The molecule has 0 saturated carbocycles. The van der Waals surface area contributed by atoms with Gasteiger partial charge in [-0.1, -0.05) is 41.1 Å². The SMILES string of the molecule is Cc1ccc(Cl)c2sc(NC(=O)CN3C(=O)c4ccccc4C3=O)nc12. The molecule has 3 amide bonds. The van der Waals surface area contributed by atoms with Gasteiger partial charge in [0, 0.05) is 0 Å². The standard InChI is InChI=1S/C18H12ClN3O3S/c1-9-6-7-12(19)15-14(9)21-18(26-15)20-13(23)8-22-16(24)10-4-2-3-5-11(10)17(22)25/h2-7H,8H2,1H3,(H,20,21,23). The Kier molecular flexibility index (Phi) is 3.97. The maximum atomic E-state index is 12.3. The Hall–Kier alpha value is -2.77. The third-order valence-corrected chi connectivity index (χ3v) is 5.55. The van der Waals surface area contributed by atoms with Crippen molar-refractivity contribution in [2.24, 2.45) is 0 Å². The molecule has 26 heavy (non-hydrogen) atoms. The summed E-state index contributed by atoms with van der Waals surface area (Å²) in [5, 5.41) is 3.58. The van der Waals surface area contributed by atoms with Crippen LogP contribution in [0.25, 0.3) is 10.2 Å². The summed E-state index contributed by atoms with van der Waals surface area (Å²) in [4.78, 5) is 42.3. The van der Waals surface area contributed by atoms with Crippen molar-refractivity contribution in [2.75, 3.05) is 11.9 Å². The van der Waals surface area contributed by atoms with E-state index in [1.807, 2.05) is 13.0 Å². The van der Waals surface area contributed by atoms with Crippen molar-refractivity contribution in [3.63, 3.8) is 0 Å². The number of nitrogens with one attached hydrogen (secondary N) is 1. The van der Waals surface area contributed by atoms with E-state index >= 15 is 0 Å². The molecule has 0 saturated heterocycles. The second kappa shape index (κ2) is 6.19. The van der Waals surface area contributed by atoms with Gasteiger partial charge in [-0.25, -0.2) is 4.98 Å². The van der Waals surface area contributed by atoms with Crippen LogP contribution >= 0.6 is 22.9 Å². The summed E-state index contributed by atoms with van der Waals surface area (Å²) in [6, 6.07) is 10.1. The number of hydrogen-bond acceptors (Lipinski definition) is 5. The smallest absolute Gasteiger partial charge is 0.262 e. The van der Waals surface area contributed by atoms with Crippen LogP contribution in [0.4, 0.5) is 5.13 Å². The lowest BCUT2D eigenvalue weighted by Crippen LogP contribution is -2.37. The monoisotopic (exact) mass is 385 g/mol. The van der Waals surface area contributed by atoms with Crippen LogP contribution in [0.5, 0.6) is 0 Å². The highest BCUT2D eigenvalue weighted by Crippen LogP contribution is 2.33. The predicted octanol–water partition coefficient (Wildman–Crippen LogP) is 3.49. The van der Waals surface area contributed by atoms with Crippen molar-refractivity contribution in [3.8, 4) is 0 Å². The highest BCUT2D eigenvalue weighted by atomic mass is 35.5. The minimum Gasteiger partial charge on any atom is -0.300 e. The van der Waals surface area contributed by atoms with E-state index in [2.05, 4.69) is 10.3 Å². The molecule has 0 bridgehead atoms. The van der Waals surface area contributed by atoms with E-state index in [1.165, 1.54) is 11.3 Å². The van der Waals surface area contributed by atoms with Gasteiger partial charge in [-0.2, -0.15) is 0 Å². The maximum absolute atomic E-state index is 12.3. The number of halogens is 1. The zero-order chi connectivity index (χ0) is 18.4. The molecular formula is C18H12ClN3O3S. The fourth-order valence-corrected chi connectivity index (χ4v) is 4.07. The summed E-state index contributed by atoms with van der Waals surface area (Å²) < 4.78 is 0.780. The molecule has 6 nitrogen and oxygen atoms in total. The molecule has 0 radical (unpaired) electrons. The number of rotatable bonds is 3. The topological polar surface area (TPSA) is 79.4 Å². The van der Waals surface area contributed by atoms with E-state index in [1.54, 1.807) is 30.3 Å². The van der Waals surface area contributed by atoms with Crippen LogP contribution in [-0.2, 0) is 4.79 Å². The van der Waals surface area contributed by atoms with E-state index in [0.29, 0.717) is 21.3 Å². The molecule has 0 atom stereocenters. The molecule has 4 rings (SSSR count). The zero-order valence-electron chi connectivity index (χ0n) is 13.6. The van der Waals surface area contributed by atoms with Crippen LogP contribution in [0.1, 0.15) is 26.3 Å². The summed E-state index contributed by atoms with van der Waals surface area (Å²) >= 11 is 7.42. The van der Waals surface area contributed by atoms with E-state index < -0.39 is 17.7 Å². The predicted molar refractivity (Wildman–Crippen MR) is 99.8 cm³/mol. The quantitative estimate of drug-likeness (QED) is 0.700. The maximum Gasteiger partial charge on any atom is 0.262 e. The Balaban J connectivity index is 1.54. The van der Waals surface area contributed by atoms with Crippen molar-refractivity contribution in [2.45, 2.75) is 6.92 Å². The van der Waals surface area contributed by atoms with Crippen molar-refractivity contribution >= 4 is 56.0 Å². The lowest BCUT2D eigenvalue weighted by molar-refractivity contribution is -0.116. The second-order valence-corrected chi connectivity index (χ2v) is 7.26. The Bertz CT molecular complexity index is 1020. The lowest BCUT2D eigenvalue weighted by Gasteiger charge is -2.12. The molecule has 8 heteroatoms. The molecule has 0 unspecified atom stereocenters. The Labute approximate surface area is 157 Å². The van der Waals surface area contributed by atoms with Crippen molar-refractivity contribution < 1.29 is 14.4 Å². The van der Waals surface area contributed by atoms with Gasteiger partial charge < -0.3 is 5.32 Å². The molecule has 1 aromatic heterocycles. The van der Waals surface area contributed by atoms with Crippen LogP contribution in [0.15, 0.2) is 36.4 Å². The molecule has 0 aliphatic carbocycles. The summed E-state index contributed by atoms with van der Waals surface area (Å²) in [6.45, 7) is 1.54. The normalized spacial score (nSPS) is 13.4. The van der Waals surface area contributed by atoms with Gasteiger partial charge in [-0.15, -0.1) is 0 Å².